The van der Waals surface area contributed by atoms with E-state index in [4.69, 9.17) is 0 Å². The van der Waals surface area contributed by atoms with E-state index < -0.39 is 0 Å². The molecule has 1 aromatic rings. The molecule has 1 aliphatic heterocycles. The minimum Gasteiger partial charge on any atom is -0.393 e. The molecular formula is C32H48N4O3. The molecule has 3 saturated carbocycles. The molecule has 1 aromatic heterocycles. The van der Waals surface area contributed by atoms with Crippen molar-refractivity contribution in [3.05, 3.63) is 29.6 Å². The summed E-state index contributed by atoms with van der Waals surface area (Å²) < 4.78 is 0. The molecule has 39 heavy (non-hydrogen) atoms. The fraction of sp³-hybridized carbons (Fsp3) is 0.781. The molecule has 6 rings (SSSR count). The minimum absolute atomic E-state index is 0.0111. The molecule has 2 heterocycles. The van der Waals surface area contributed by atoms with E-state index in [0.717, 1.165) is 43.4 Å². The molecule has 0 aromatic carbocycles. The summed E-state index contributed by atoms with van der Waals surface area (Å²) in [6.45, 7) is 9.92. The van der Waals surface area contributed by atoms with E-state index in [1.807, 2.05) is 9.80 Å². The largest absolute Gasteiger partial charge is 0.393 e. The molecule has 1 saturated heterocycles. The van der Waals surface area contributed by atoms with Crippen molar-refractivity contribution in [3.8, 4) is 0 Å². The highest BCUT2D eigenvalue weighted by molar-refractivity contribution is 5.93. The van der Waals surface area contributed by atoms with Gasteiger partial charge in [0.15, 0.2) is 0 Å². The molecule has 8 atom stereocenters. The van der Waals surface area contributed by atoms with Crippen molar-refractivity contribution >= 4 is 11.8 Å². The highest BCUT2D eigenvalue weighted by atomic mass is 16.3. The summed E-state index contributed by atoms with van der Waals surface area (Å²) in [4.78, 5) is 29.5. The van der Waals surface area contributed by atoms with Crippen LogP contribution in [0.2, 0.25) is 0 Å². The predicted octanol–water partition coefficient (Wildman–Crippen LogP) is 5.05. The van der Waals surface area contributed by atoms with Gasteiger partial charge < -0.3 is 14.9 Å². The van der Waals surface area contributed by atoms with Crippen molar-refractivity contribution in [2.24, 2.45) is 40.4 Å². The highest BCUT2D eigenvalue weighted by Gasteiger charge is 2.59. The lowest BCUT2D eigenvalue weighted by Crippen LogP contribution is -2.51. The van der Waals surface area contributed by atoms with E-state index >= 15 is 0 Å². The first-order valence-electron chi connectivity index (χ1n) is 15.6. The molecule has 0 spiro atoms. The number of hydrogen-bond acceptors (Lipinski definition) is 4. The summed E-state index contributed by atoms with van der Waals surface area (Å²) >= 11 is 0. The molecule has 1 unspecified atom stereocenters. The molecule has 4 fully saturated rings. The normalized spacial score (nSPS) is 38.9. The van der Waals surface area contributed by atoms with Gasteiger partial charge in [-0.05, 0) is 98.2 Å². The van der Waals surface area contributed by atoms with Gasteiger partial charge in [0, 0.05) is 38.8 Å². The number of hydrogen-bond donors (Lipinski definition) is 2. The number of amides is 2. The number of carbonyl (C=O) groups excluding carboxylic acids is 2. The number of nitrogens with zero attached hydrogens (tertiary/aromatic N) is 3. The average molecular weight is 537 g/mol. The second-order valence-electron chi connectivity index (χ2n) is 14.1. The van der Waals surface area contributed by atoms with Crippen molar-refractivity contribution in [1.82, 2.24) is 20.0 Å². The number of aromatic amines is 1. The third-order valence-electron chi connectivity index (χ3n) is 12.3. The lowest BCUT2D eigenvalue weighted by molar-refractivity contribution is -0.133. The van der Waals surface area contributed by atoms with Crippen LogP contribution < -0.4 is 0 Å². The number of aliphatic hydroxyl groups excluding tert-OH is 1. The zero-order valence-electron chi connectivity index (χ0n) is 24.2. The first-order chi connectivity index (χ1) is 18.7. The number of H-pyrrole nitrogens is 1. The van der Waals surface area contributed by atoms with E-state index in [0.29, 0.717) is 60.8 Å². The van der Waals surface area contributed by atoms with Crippen molar-refractivity contribution in [1.29, 1.82) is 0 Å². The van der Waals surface area contributed by atoms with Crippen LogP contribution in [-0.4, -0.2) is 69.2 Å². The van der Waals surface area contributed by atoms with Crippen LogP contribution in [0.4, 0.5) is 0 Å². The Morgan fingerprint density at radius 1 is 1.08 bits per heavy atom. The molecule has 2 amide bonds. The quantitative estimate of drug-likeness (QED) is 0.516. The second kappa shape index (κ2) is 10.4. The number of piperazine rings is 1. The molecule has 0 radical (unpaired) electrons. The second-order valence-corrected chi connectivity index (χ2v) is 14.1. The van der Waals surface area contributed by atoms with Crippen molar-refractivity contribution < 1.29 is 14.7 Å². The van der Waals surface area contributed by atoms with Crippen LogP contribution in [0.25, 0.3) is 0 Å². The van der Waals surface area contributed by atoms with Gasteiger partial charge in [0.1, 0.15) is 0 Å². The van der Waals surface area contributed by atoms with Crippen LogP contribution in [0.15, 0.2) is 24.0 Å². The van der Waals surface area contributed by atoms with E-state index in [9.17, 15) is 14.7 Å². The van der Waals surface area contributed by atoms with Crippen LogP contribution in [0.1, 0.15) is 95.3 Å². The molecule has 0 bridgehead atoms. The Morgan fingerprint density at radius 3 is 2.59 bits per heavy atom. The zero-order chi connectivity index (χ0) is 27.4. The molecular weight excluding hydrogens is 488 g/mol. The fourth-order valence-electron chi connectivity index (χ4n) is 10.0. The average Bonchev–Trinajstić information content (AvgIpc) is 3.60. The monoisotopic (exact) mass is 536 g/mol. The fourth-order valence-corrected chi connectivity index (χ4v) is 10.0. The van der Waals surface area contributed by atoms with E-state index in [-0.39, 0.29) is 17.9 Å². The number of allylic oxidation sites excluding steroid dienone is 1. The Morgan fingerprint density at radius 2 is 1.85 bits per heavy atom. The van der Waals surface area contributed by atoms with Crippen molar-refractivity contribution in [2.75, 3.05) is 26.2 Å². The lowest BCUT2D eigenvalue weighted by atomic mass is 9.47. The van der Waals surface area contributed by atoms with Crippen LogP contribution in [0.3, 0.4) is 0 Å². The molecule has 7 heteroatoms. The summed E-state index contributed by atoms with van der Waals surface area (Å²) in [6, 6.07) is 0. The van der Waals surface area contributed by atoms with Gasteiger partial charge in [-0.25, -0.2) is 0 Å². The number of aromatic nitrogens is 2. The van der Waals surface area contributed by atoms with E-state index in [1.54, 1.807) is 18.0 Å². The van der Waals surface area contributed by atoms with Crippen LogP contribution in [-0.2, 0) is 4.79 Å². The van der Waals surface area contributed by atoms with Gasteiger partial charge in [-0.1, -0.05) is 32.4 Å². The maximum atomic E-state index is 13.1. The number of aliphatic hydroxyl groups is 1. The summed E-state index contributed by atoms with van der Waals surface area (Å²) in [5, 5.41) is 16.9. The third-order valence-corrected chi connectivity index (χ3v) is 12.3. The smallest absolute Gasteiger partial charge is 0.257 e. The number of rotatable bonds is 5. The zero-order valence-corrected chi connectivity index (χ0v) is 24.2. The third kappa shape index (κ3) is 4.66. The standard InChI is InChI=1S/C32H48N4O3/c1-21(4-9-29(38)35-14-16-36(17-15-35)30(39)22-19-33-34-20-22)26-7-8-27-25-6-5-23-18-24(37)10-12-31(23,2)28(25)11-13-32(26,27)3/h5,19-21,24-28,37H,4,6-18H2,1-3H3,(H,33,34)/t21?,24-,25-,26+,27-,28-,31-,32+/m0/s1. The van der Waals surface area contributed by atoms with Gasteiger partial charge in [0.2, 0.25) is 5.91 Å². The van der Waals surface area contributed by atoms with Gasteiger partial charge >= 0.3 is 0 Å². The SMILES string of the molecule is CC(CCC(=O)N1CCN(C(=O)c2cn[nH]c2)CC1)[C@H]1CC[C@H]2[C@@H]3CC=C4C[C@@H](O)CC[C@]4(C)[C@H]3CC[C@]12C. The molecule has 2 N–H and O–H groups in total. The van der Waals surface area contributed by atoms with Gasteiger partial charge in [0.05, 0.1) is 17.9 Å². The van der Waals surface area contributed by atoms with Crippen molar-refractivity contribution in [3.63, 3.8) is 0 Å². The van der Waals surface area contributed by atoms with Gasteiger partial charge in [-0.2, -0.15) is 5.10 Å². The van der Waals surface area contributed by atoms with Gasteiger partial charge in [-0.15, -0.1) is 0 Å². The molecule has 7 nitrogen and oxygen atoms in total. The predicted molar refractivity (Wildman–Crippen MR) is 151 cm³/mol. The Labute approximate surface area is 233 Å². The maximum Gasteiger partial charge on any atom is 0.257 e. The topological polar surface area (TPSA) is 89.5 Å². The van der Waals surface area contributed by atoms with E-state index in [1.165, 1.54) is 32.1 Å². The number of carbonyl (C=O) groups is 2. The van der Waals surface area contributed by atoms with Crippen LogP contribution in [0.5, 0.6) is 0 Å². The minimum atomic E-state index is -0.136. The number of fused-ring (bicyclic) bond motifs is 5. The Balaban J connectivity index is 1.03. The van der Waals surface area contributed by atoms with Gasteiger partial charge in [-0.3, -0.25) is 14.7 Å². The highest BCUT2D eigenvalue weighted by Crippen LogP contribution is 2.67. The van der Waals surface area contributed by atoms with Crippen LogP contribution >= 0.6 is 0 Å². The maximum absolute atomic E-state index is 13.1. The van der Waals surface area contributed by atoms with Gasteiger partial charge in [0.25, 0.3) is 5.91 Å². The summed E-state index contributed by atoms with van der Waals surface area (Å²) in [5.74, 6) is 3.85. The van der Waals surface area contributed by atoms with Crippen LogP contribution in [0, 0.1) is 40.4 Å². The number of nitrogens with one attached hydrogen (secondary N) is 1. The summed E-state index contributed by atoms with van der Waals surface area (Å²) in [7, 11) is 0. The molecule has 4 aliphatic carbocycles. The Bertz CT molecular complexity index is 1090. The molecule has 5 aliphatic rings. The Kier molecular flexibility index (Phi) is 7.18. The summed E-state index contributed by atoms with van der Waals surface area (Å²) in [5.41, 5.74) is 2.82. The molecule has 214 valence electrons. The summed E-state index contributed by atoms with van der Waals surface area (Å²) in [6.07, 6.45) is 16.7. The first-order valence-corrected chi connectivity index (χ1v) is 15.6. The first kappa shape index (κ1) is 27.0. The van der Waals surface area contributed by atoms with E-state index in [2.05, 4.69) is 37.0 Å². The lowest BCUT2D eigenvalue weighted by Gasteiger charge is -2.58. The Hall–Kier alpha value is -2.15. The van der Waals surface area contributed by atoms with Crippen molar-refractivity contribution in [2.45, 2.75) is 91.1 Å².